The van der Waals surface area contributed by atoms with Gasteiger partial charge in [-0.25, -0.2) is 0 Å². The first-order chi connectivity index (χ1) is 3.72. The van der Waals surface area contributed by atoms with Crippen molar-refractivity contribution in [2.75, 3.05) is 0 Å². The van der Waals surface area contributed by atoms with Crippen molar-refractivity contribution in [1.82, 2.24) is 0 Å². The van der Waals surface area contributed by atoms with E-state index in [4.69, 9.17) is 15.3 Å². The van der Waals surface area contributed by atoms with E-state index in [-0.39, 0.29) is 0 Å². The topological polar surface area (TPSA) is 73.8 Å². The van der Waals surface area contributed by atoms with Gasteiger partial charge >= 0.3 is 5.95 Å². The molecule has 0 spiro atoms. The van der Waals surface area contributed by atoms with Gasteiger partial charge in [0.05, 0.1) is 0 Å². The second-order valence-electron chi connectivity index (χ2n) is 1.27. The van der Waals surface area contributed by atoms with Crippen molar-refractivity contribution in [1.29, 1.82) is 0 Å². The van der Waals surface area contributed by atoms with E-state index in [1.54, 1.807) is 0 Å². The van der Waals surface area contributed by atoms with Crippen LogP contribution in [0.25, 0.3) is 0 Å². The van der Waals surface area contributed by atoms with Gasteiger partial charge in [0.2, 0.25) is 11.5 Å². The fourth-order valence-corrected chi connectivity index (χ4v) is 0.333. The van der Waals surface area contributed by atoms with E-state index in [9.17, 15) is 0 Å². The van der Waals surface area contributed by atoms with Crippen LogP contribution >= 0.6 is 0 Å². The Labute approximate surface area is 44.6 Å². The molecule has 1 aromatic rings. The Morgan fingerprint density at radius 2 is 1.88 bits per heavy atom. The summed E-state index contributed by atoms with van der Waals surface area (Å²) in [7, 11) is 0. The SMILES string of the molecule is Oc1coc(O)c1O. The molecule has 0 radical (unpaired) electrons. The van der Waals surface area contributed by atoms with Crippen molar-refractivity contribution >= 4 is 0 Å². The first-order valence-electron chi connectivity index (χ1n) is 1.90. The Morgan fingerprint density at radius 3 is 2.00 bits per heavy atom. The summed E-state index contributed by atoms with van der Waals surface area (Å²) in [6, 6.07) is 0. The minimum Gasteiger partial charge on any atom is -0.502 e. The molecule has 0 aromatic carbocycles. The molecular formula is C4H4O4. The van der Waals surface area contributed by atoms with E-state index in [1.165, 1.54) is 0 Å². The molecule has 0 bridgehead atoms. The molecule has 8 heavy (non-hydrogen) atoms. The average Bonchev–Trinajstić information content (AvgIpc) is 1.98. The zero-order chi connectivity index (χ0) is 6.15. The highest BCUT2D eigenvalue weighted by atomic mass is 16.5. The summed E-state index contributed by atoms with van der Waals surface area (Å²) in [5, 5.41) is 25.3. The van der Waals surface area contributed by atoms with Gasteiger partial charge in [-0.3, -0.25) is 0 Å². The minimum atomic E-state index is -0.664. The van der Waals surface area contributed by atoms with Gasteiger partial charge in [0.1, 0.15) is 6.26 Å². The molecule has 0 aliphatic rings. The van der Waals surface area contributed by atoms with E-state index in [0.717, 1.165) is 6.26 Å². The molecule has 4 heteroatoms. The second kappa shape index (κ2) is 1.33. The minimum absolute atomic E-state index is 0.456. The third-order valence-corrected chi connectivity index (χ3v) is 0.727. The fourth-order valence-electron chi connectivity index (χ4n) is 0.333. The quantitative estimate of drug-likeness (QED) is 0.458. The summed E-state index contributed by atoms with van der Waals surface area (Å²) >= 11 is 0. The third kappa shape index (κ3) is 0.465. The van der Waals surface area contributed by atoms with E-state index in [1.807, 2.05) is 0 Å². The summed E-state index contributed by atoms with van der Waals surface area (Å²) in [6.45, 7) is 0. The smallest absolute Gasteiger partial charge is 0.330 e. The Morgan fingerprint density at radius 1 is 1.25 bits per heavy atom. The highest BCUT2D eigenvalue weighted by Crippen LogP contribution is 2.35. The first kappa shape index (κ1) is 4.83. The molecule has 0 amide bonds. The van der Waals surface area contributed by atoms with Crippen LogP contribution in [0.4, 0.5) is 0 Å². The molecule has 0 aliphatic carbocycles. The predicted octanol–water partition coefficient (Wildman–Crippen LogP) is 0.396. The molecule has 1 rings (SSSR count). The zero-order valence-corrected chi connectivity index (χ0v) is 3.83. The lowest BCUT2D eigenvalue weighted by Gasteiger charge is -1.81. The van der Waals surface area contributed by atoms with E-state index in [2.05, 4.69) is 4.42 Å². The van der Waals surface area contributed by atoms with E-state index < -0.39 is 17.4 Å². The first-order valence-corrected chi connectivity index (χ1v) is 1.90. The molecule has 44 valence electrons. The molecule has 3 N–H and O–H groups in total. The van der Waals surface area contributed by atoms with E-state index in [0.29, 0.717) is 0 Å². The van der Waals surface area contributed by atoms with Crippen LogP contribution in [-0.4, -0.2) is 15.3 Å². The lowest BCUT2D eigenvalue weighted by atomic mass is 10.5. The molecule has 0 fully saturated rings. The van der Waals surface area contributed by atoms with Crippen LogP contribution in [0.1, 0.15) is 0 Å². The molecule has 1 heterocycles. The molecule has 0 saturated heterocycles. The van der Waals surface area contributed by atoms with Gasteiger partial charge in [-0.05, 0) is 0 Å². The summed E-state index contributed by atoms with van der Waals surface area (Å²) < 4.78 is 4.15. The van der Waals surface area contributed by atoms with Crippen molar-refractivity contribution in [2.45, 2.75) is 0 Å². The molecular weight excluding hydrogens is 112 g/mol. The van der Waals surface area contributed by atoms with Gasteiger partial charge in [0.25, 0.3) is 0 Å². The number of furan rings is 1. The monoisotopic (exact) mass is 116 g/mol. The Hall–Kier alpha value is -1.32. The average molecular weight is 116 g/mol. The molecule has 0 aliphatic heterocycles. The number of rotatable bonds is 0. The maximum atomic E-state index is 8.45. The van der Waals surface area contributed by atoms with E-state index >= 15 is 0 Å². The number of aromatic hydroxyl groups is 3. The normalized spacial score (nSPS) is 9.50. The molecule has 0 unspecified atom stereocenters. The zero-order valence-electron chi connectivity index (χ0n) is 3.83. The maximum absolute atomic E-state index is 8.45. The molecule has 0 atom stereocenters. The van der Waals surface area contributed by atoms with Crippen LogP contribution in [0.3, 0.4) is 0 Å². The van der Waals surface area contributed by atoms with Gasteiger partial charge in [-0.2, -0.15) is 0 Å². The highest BCUT2D eigenvalue weighted by molar-refractivity contribution is 5.41. The Balaban J connectivity index is 3.19. The summed E-state index contributed by atoms with van der Waals surface area (Å²) in [6.07, 6.45) is 0.838. The maximum Gasteiger partial charge on any atom is 0.330 e. The predicted molar refractivity (Wildman–Crippen MR) is 23.7 cm³/mol. The standard InChI is InChI=1S/C4H4O4/c5-2-1-8-4(7)3(2)6/h1,5-7H. The lowest BCUT2D eigenvalue weighted by molar-refractivity contribution is 0.306. The van der Waals surface area contributed by atoms with Gasteiger partial charge in [-0.1, -0.05) is 0 Å². The third-order valence-electron chi connectivity index (χ3n) is 0.727. The van der Waals surface area contributed by atoms with Crippen LogP contribution in [0.15, 0.2) is 10.7 Å². The lowest BCUT2D eigenvalue weighted by Crippen LogP contribution is -1.55. The van der Waals surface area contributed by atoms with Crippen LogP contribution < -0.4 is 0 Å². The fraction of sp³-hybridized carbons (Fsp3) is 0. The van der Waals surface area contributed by atoms with Gasteiger partial charge in [-0.15, -0.1) is 0 Å². The Kier molecular flexibility index (Phi) is 0.802. The van der Waals surface area contributed by atoms with Gasteiger partial charge < -0.3 is 19.7 Å². The van der Waals surface area contributed by atoms with Crippen molar-refractivity contribution in [3.8, 4) is 17.4 Å². The van der Waals surface area contributed by atoms with Crippen molar-refractivity contribution in [3.05, 3.63) is 6.26 Å². The summed E-state index contributed by atoms with van der Waals surface area (Å²) in [5.41, 5.74) is 0. The van der Waals surface area contributed by atoms with Crippen molar-refractivity contribution < 1.29 is 19.7 Å². The van der Waals surface area contributed by atoms with Gasteiger partial charge in [0.15, 0.2) is 0 Å². The van der Waals surface area contributed by atoms with Crippen LogP contribution in [0.2, 0.25) is 0 Å². The largest absolute Gasteiger partial charge is 0.502 e. The number of hydrogen-bond acceptors (Lipinski definition) is 4. The molecule has 4 nitrogen and oxygen atoms in total. The molecule has 1 aromatic heterocycles. The number of hydrogen-bond donors (Lipinski definition) is 3. The second-order valence-corrected chi connectivity index (χ2v) is 1.27. The molecule has 0 saturated carbocycles. The van der Waals surface area contributed by atoms with Crippen molar-refractivity contribution in [3.63, 3.8) is 0 Å². The summed E-state index contributed by atoms with van der Waals surface area (Å²) in [5.74, 6) is -1.74. The van der Waals surface area contributed by atoms with Crippen LogP contribution in [0, 0.1) is 0 Å². The summed E-state index contributed by atoms with van der Waals surface area (Å²) in [4.78, 5) is 0. The van der Waals surface area contributed by atoms with Crippen LogP contribution in [-0.2, 0) is 0 Å². The van der Waals surface area contributed by atoms with Crippen LogP contribution in [0.5, 0.6) is 17.4 Å². The Bertz CT molecular complexity index is 170. The van der Waals surface area contributed by atoms with Gasteiger partial charge in [0, 0.05) is 0 Å². The highest BCUT2D eigenvalue weighted by Gasteiger charge is 2.07. The van der Waals surface area contributed by atoms with Crippen molar-refractivity contribution in [2.24, 2.45) is 0 Å².